The van der Waals surface area contributed by atoms with Crippen LogP contribution in [-0.2, 0) is 9.47 Å². The molecule has 0 fully saturated rings. The van der Waals surface area contributed by atoms with E-state index in [0.717, 1.165) is 26.2 Å². The minimum Gasteiger partial charge on any atom is -0.385 e. The molecule has 0 aliphatic rings. The molecule has 0 amide bonds. The molecule has 0 heterocycles. The molecule has 1 atom stereocenters. The van der Waals surface area contributed by atoms with Crippen LogP contribution in [0.5, 0.6) is 0 Å². The average Bonchev–Trinajstić information content (AvgIpc) is 2.14. The van der Waals surface area contributed by atoms with Gasteiger partial charge >= 0.3 is 0 Å². The molecular weight excluding hydrogens is 202 g/mol. The Morgan fingerprint density at radius 1 is 1.12 bits per heavy atom. The second-order valence-electron chi connectivity index (χ2n) is 5.63. The summed E-state index contributed by atoms with van der Waals surface area (Å²) in [6, 6.07) is 0. The van der Waals surface area contributed by atoms with Gasteiger partial charge in [0.1, 0.15) is 0 Å². The van der Waals surface area contributed by atoms with Crippen molar-refractivity contribution in [2.75, 3.05) is 26.9 Å². The topological polar surface area (TPSA) is 30.5 Å². The lowest BCUT2D eigenvalue weighted by Crippen LogP contribution is -2.43. The van der Waals surface area contributed by atoms with E-state index in [1.807, 2.05) is 0 Å². The Morgan fingerprint density at radius 2 is 1.75 bits per heavy atom. The summed E-state index contributed by atoms with van der Waals surface area (Å²) in [6.07, 6.45) is 1.26. The second-order valence-corrected chi connectivity index (χ2v) is 5.63. The van der Waals surface area contributed by atoms with Crippen LogP contribution < -0.4 is 5.32 Å². The van der Waals surface area contributed by atoms with Crippen molar-refractivity contribution in [3.05, 3.63) is 0 Å². The summed E-state index contributed by atoms with van der Waals surface area (Å²) in [6.45, 7) is 13.4. The molecule has 0 spiro atoms. The van der Waals surface area contributed by atoms with Crippen molar-refractivity contribution in [1.82, 2.24) is 5.32 Å². The molecule has 0 aliphatic heterocycles. The molecule has 0 aromatic heterocycles. The van der Waals surface area contributed by atoms with E-state index in [2.05, 4.69) is 39.9 Å². The first-order valence-corrected chi connectivity index (χ1v) is 6.22. The largest absolute Gasteiger partial charge is 0.385 e. The van der Waals surface area contributed by atoms with Crippen LogP contribution >= 0.6 is 0 Å². The highest BCUT2D eigenvalue weighted by Crippen LogP contribution is 2.08. The number of rotatable bonds is 8. The van der Waals surface area contributed by atoms with Crippen LogP contribution in [-0.4, -0.2) is 38.5 Å². The van der Waals surface area contributed by atoms with Crippen LogP contribution in [0.15, 0.2) is 0 Å². The predicted octanol–water partition coefficient (Wildman–Crippen LogP) is 2.45. The third-order valence-electron chi connectivity index (χ3n) is 2.40. The fraction of sp³-hybridized carbons (Fsp3) is 1.00. The summed E-state index contributed by atoms with van der Waals surface area (Å²) in [7, 11) is 1.72. The zero-order valence-electron chi connectivity index (χ0n) is 11.8. The standard InChI is InChI=1S/C13H29NO2/c1-11(2)12(10-14-13(3,4)5)16-9-7-8-15-6/h11-12,14H,7-10H2,1-6H3. The highest BCUT2D eigenvalue weighted by atomic mass is 16.5. The van der Waals surface area contributed by atoms with Gasteiger partial charge in [-0.2, -0.15) is 0 Å². The molecule has 0 rings (SSSR count). The first kappa shape index (κ1) is 15.9. The van der Waals surface area contributed by atoms with Crippen LogP contribution in [0.3, 0.4) is 0 Å². The summed E-state index contributed by atoms with van der Waals surface area (Å²) in [4.78, 5) is 0. The molecule has 0 aliphatic carbocycles. The molecule has 98 valence electrons. The van der Waals surface area contributed by atoms with E-state index in [9.17, 15) is 0 Å². The SMILES string of the molecule is COCCCOC(CNC(C)(C)C)C(C)C. The molecule has 1 unspecified atom stereocenters. The van der Waals surface area contributed by atoms with E-state index >= 15 is 0 Å². The van der Waals surface area contributed by atoms with Crippen LogP contribution in [0.4, 0.5) is 0 Å². The Morgan fingerprint density at radius 3 is 2.19 bits per heavy atom. The quantitative estimate of drug-likeness (QED) is 0.651. The molecule has 0 radical (unpaired) electrons. The first-order chi connectivity index (χ1) is 7.37. The van der Waals surface area contributed by atoms with E-state index in [1.54, 1.807) is 7.11 Å². The summed E-state index contributed by atoms with van der Waals surface area (Å²) in [5, 5.41) is 3.49. The third-order valence-corrected chi connectivity index (χ3v) is 2.40. The fourth-order valence-electron chi connectivity index (χ4n) is 1.33. The van der Waals surface area contributed by atoms with E-state index < -0.39 is 0 Å². The number of methoxy groups -OCH3 is 1. The van der Waals surface area contributed by atoms with Gasteiger partial charge in [0.25, 0.3) is 0 Å². The third kappa shape index (κ3) is 9.13. The van der Waals surface area contributed by atoms with Gasteiger partial charge in [-0.15, -0.1) is 0 Å². The molecule has 3 heteroatoms. The molecule has 16 heavy (non-hydrogen) atoms. The van der Waals surface area contributed by atoms with Crippen molar-refractivity contribution in [1.29, 1.82) is 0 Å². The van der Waals surface area contributed by atoms with Gasteiger partial charge in [-0.05, 0) is 33.1 Å². The minimum absolute atomic E-state index is 0.156. The van der Waals surface area contributed by atoms with Gasteiger partial charge in [0.15, 0.2) is 0 Å². The van der Waals surface area contributed by atoms with Crippen LogP contribution in [0, 0.1) is 5.92 Å². The molecule has 0 aromatic carbocycles. The maximum absolute atomic E-state index is 5.86. The van der Waals surface area contributed by atoms with Gasteiger partial charge in [-0.25, -0.2) is 0 Å². The minimum atomic E-state index is 0.156. The molecular formula is C13H29NO2. The number of hydrogen-bond acceptors (Lipinski definition) is 3. The van der Waals surface area contributed by atoms with Crippen LogP contribution in [0.2, 0.25) is 0 Å². The van der Waals surface area contributed by atoms with E-state index in [4.69, 9.17) is 9.47 Å². The molecule has 0 aromatic rings. The highest BCUT2D eigenvalue weighted by molar-refractivity contribution is 4.75. The molecule has 0 saturated heterocycles. The lowest BCUT2D eigenvalue weighted by molar-refractivity contribution is 0.00990. The zero-order valence-corrected chi connectivity index (χ0v) is 11.8. The normalized spacial score (nSPS) is 14.4. The van der Waals surface area contributed by atoms with E-state index in [-0.39, 0.29) is 11.6 Å². The van der Waals surface area contributed by atoms with Gasteiger partial charge in [-0.3, -0.25) is 0 Å². The van der Waals surface area contributed by atoms with E-state index in [1.165, 1.54) is 0 Å². The molecule has 0 saturated carbocycles. The maximum atomic E-state index is 5.86. The summed E-state index contributed by atoms with van der Waals surface area (Å²) >= 11 is 0. The average molecular weight is 231 g/mol. The lowest BCUT2D eigenvalue weighted by atomic mass is 10.0. The Hall–Kier alpha value is -0.120. The van der Waals surface area contributed by atoms with Crippen molar-refractivity contribution in [2.24, 2.45) is 5.92 Å². The predicted molar refractivity (Wildman–Crippen MR) is 68.8 cm³/mol. The van der Waals surface area contributed by atoms with Crippen LogP contribution in [0.1, 0.15) is 41.0 Å². The Balaban J connectivity index is 3.80. The zero-order chi connectivity index (χ0) is 12.6. The van der Waals surface area contributed by atoms with Crippen molar-refractivity contribution in [3.63, 3.8) is 0 Å². The van der Waals surface area contributed by atoms with Gasteiger partial charge in [0.2, 0.25) is 0 Å². The summed E-state index contributed by atoms with van der Waals surface area (Å²) in [5.41, 5.74) is 0.156. The summed E-state index contributed by atoms with van der Waals surface area (Å²) < 4.78 is 10.9. The molecule has 3 nitrogen and oxygen atoms in total. The molecule has 1 N–H and O–H groups in total. The number of ether oxygens (including phenoxy) is 2. The monoisotopic (exact) mass is 231 g/mol. The van der Waals surface area contributed by atoms with Crippen LogP contribution in [0.25, 0.3) is 0 Å². The van der Waals surface area contributed by atoms with Crippen molar-refractivity contribution in [3.8, 4) is 0 Å². The van der Waals surface area contributed by atoms with Crippen molar-refractivity contribution < 1.29 is 9.47 Å². The Labute approximate surface area is 101 Å². The Bertz CT molecular complexity index is 164. The fourth-order valence-corrected chi connectivity index (χ4v) is 1.33. The highest BCUT2D eigenvalue weighted by Gasteiger charge is 2.17. The van der Waals surface area contributed by atoms with Gasteiger partial charge in [-0.1, -0.05) is 13.8 Å². The molecule has 0 bridgehead atoms. The van der Waals surface area contributed by atoms with Crippen molar-refractivity contribution in [2.45, 2.75) is 52.7 Å². The number of hydrogen-bond donors (Lipinski definition) is 1. The van der Waals surface area contributed by atoms with Crippen molar-refractivity contribution >= 4 is 0 Å². The number of nitrogens with one attached hydrogen (secondary N) is 1. The van der Waals surface area contributed by atoms with Gasteiger partial charge in [0, 0.05) is 32.4 Å². The second kappa shape index (κ2) is 8.04. The lowest BCUT2D eigenvalue weighted by Gasteiger charge is -2.27. The Kier molecular flexibility index (Phi) is 7.98. The van der Waals surface area contributed by atoms with Gasteiger partial charge < -0.3 is 14.8 Å². The summed E-state index contributed by atoms with van der Waals surface area (Å²) in [5.74, 6) is 0.539. The first-order valence-electron chi connectivity index (χ1n) is 6.22. The van der Waals surface area contributed by atoms with Gasteiger partial charge in [0.05, 0.1) is 6.10 Å². The maximum Gasteiger partial charge on any atom is 0.0722 e. The smallest absolute Gasteiger partial charge is 0.0722 e. The van der Waals surface area contributed by atoms with E-state index in [0.29, 0.717) is 5.92 Å².